The average molecular weight is 528 g/mol. The van der Waals surface area contributed by atoms with E-state index in [1.165, 1.54) is 27.7 Å². The number of carbonyl (C=O) groups is 1. The Hall–Kier alpha value is -3.04. The summed E-state index contributed by atoms with van der Waals surface area (Å²) in [4.78, 5) is 17.0. The minimum Gasteiger partial charge on any atom is -0.361 e. The van der Waals surface area contributed by atoms with Crippen molar-refractivity contribution in [1.29, 1.82) is 0 Å². The number of rotatable bonds is 5. The molecule has 0 spiro atoms. The number of carbonyl (C=O) groups excluding carboxylic acids is 1. The van der Waals surface area contributed by atoms with Crippen molar-refractivity contribution in [1.82, 2.24) is 14.2 Å². The highest BCUT2D eigenvalue weighted by atomic mass is 32.2. The molecule has 1 aromatic heterocycles. The summed E-state index contributed by atoms with van der Waals surface area (Å²) in [6, 6.07) is 11.1. The summed E-state index contributed by atoms with van der Waals surface area (Å²) in [6.45, 7) is 4.46. The van der Waals surface area contributed by atoms with Crippen LogP contribution in [0.5, 0.6) is 0 Å². The lowest BCUT2D eigenvalue weighted by Crippen LogP contribution is -2.45. The SMILES string of the molecule is CC=CC(F)(F)C(=O)N1CCc2ccc(S(=O)(=O)N3CCC(c4c[nH]c5c(C)cccc45)CC3)cc2C1. The Morgan fingerprint density at radius 1 is 1.11 bits per heavy atom. The predicted molar refractivity (Wildman–Crippen MR) is 139 cm³/mol. The topological polar surface area (TPSA) is 73.5 Å². The number of aromatic amines is 1. The van der Waals surface area contributed by atoms with Crippen molar-refractivity contribution in [2.75, 3.05) is 19.6 Å². The first kappa shape index (κ1) is 25.6. The minimum atomic E-state index is -3.75. The van der Waals surface area contributed by atoms with E-state index in [-0.39, 0.29) is 23.9 Å². The van der Waals surface area contributed by atoms with Gasteiger partial charge in [0, 0.05) is 43.3 Å². The van der Waals surface area contributed by atoms with Crippen molar-refractivity contribution in [3.05, 3.63) is 77.0 Å². The molecule has 196 valence electrons. The van der Waals surface area contributed by atoms with Gasteiger partial charge in [-0.05, 0) is 79.5 Å². The number of amides is 1. The van der Waals surface area contributed by atoms with Gasteiger partial charge in [-0.25, -0.2) is 8.42 Å². The van der Waals surface area contributed by atoms with Gasteiger partial charge in [-0.1, -0.05) is 30.3 Å². The first-order valence-corrected chi connectivity index (χ1v) is 14.1. The molecule has 3 heterocycles. The minimum absolute atomic E-state index is 0.0350. The van der Waals surface area contributed by atoms with E-state index in [4.69, 9.17) is 0 Å². The molecule has 2 aromatic carbocycles. The van der Waals surface area contributed by atoms with Gasteiger partial charge < -0.3 is 9.88 Å². The molecule has 0 saturated carbocycles. The summed E-state index contributed by atoms with van der Waals surface area (Å²) >= 11 is 0. The number of sulfonamides is 1. The van der Waals surface area contributed by atoms with Gasteiger partial charge in [0.1, 0.15) is 0 Å². The Bertz CT molecular complexity index is 1470. The van der Waals surface area contributed by atoms with E-state index >= 15 is 0 Å². The zero-order chi connectivity index (χ0) is 26.4. The number of halogens is 2. The van der Waals surface area contributed by atoms with Crippen molar-refractivity contribution in [2.45, 2.75) is 56.4 Å². The third kappa shape index (κ3) is 4.70. The molecule has 1 N–H and O–H groups in total. The number of nitrogens with zero attached hydrogens (tertiary/aromatic N) is 2. The van der Waals surface area contributed by atoms with Crippen LogP contribution in [0.15, 0.2) is 59.6 Å². The fourth-order valence-electron chi connectivity index (χ4n) is 5.58. The number of hydrogen-bond donors (Lipinski definition) is 1. The first-order valence-electron chi connectivity index (χ1n) is 12.6. The number of benzene rings is 2. The van der Waals surface area contributed by atoms with Gasteiger partial charge >= 0.3 is 5.92 Å². The standard InChI is InChI=1S/C28H31F2N3O3S/c1-3-12-28(29,30)27(34)32-13-9-20-7-8-23(16-22(20)18-32)37(35,36)33-14-10-21(11-15-33)25-17-31-26-19(2)5-4-6-24(25)26/h3-8,12,16-17,21,31H,9-11,13-15,18H2,1-2H3. The molecule has 0 aliphatic carbocycles. The van der Waals surface area contributed by atoms with Crippen LogP contribution in [0.25, 0.3) is 10.9 Å². The van der Waals surface area contributed by atoms with E-state index in [0.717, 1.165) is 22.1 Å². The molecule has 3 aromatic rings. The number of fused-ring (bicyclic) bond motifs is 2. The second-order valence-electron chi connectivity index (χ2n) is 9.95. The van der Waals surface area contributed by atoms with E-state index in [9.17, 15) is 22.0 Å². The van der Waals surface area contributed by atoms with Gasteiger partial charge in [0.25, 0.3) is 5.91 Å². The molecule has 0 atom stereocenters. The summed E-state index contributed by atoms with van der Waals surface area (Å²) in [7, 11) is -3.75. The van der Waals surface area contributed by atoms with Crippen LogP contribution < -0.4 is 0 Å². The smallest absolute Gasteiger partial charge is 0.343 e. The molecule has 1 saturated heterocycles. The van der Waals surface area contributed by atoms with Crippen molar-refractivity contribution < 1.29 is 22.0 Å². The number of aryl methyl sites for hydroxylation is 1. The third-order valence-electron chi connectivity index (χ3n) is 7.63. The lowest BCUT2D eigenvalue weighted by Gasteiger charge is -2.33. The molecule has 5 rings (SSSR count). The zero-order valence-corrected chi connectivity index (χ0v) is 21.8. The molecule has 37 heavy (non-hydrogen) atoms. The molecule has 1 fully saturated rings. The van der Waals surface area contributed by atoms with Crippen LogP contribution in [0.3, 0.4) is 0 Å². The van der Waals surface area contributed by atoms with Gasteiger partial charge in [0.15, 0.2) is 0 Å². The monoisotopic (exact) mass is 527 g/mol. The Labute approximate surface area is 216 Å². The zero-order valence-electron chi connectivity index (χ0n) is 21.0. The number of alkyl halides is 2. The van der Waals surface area contributed by atoms with Crippen LogP contribution in [0, 0.1) is 6.92 Å². The second kappa shape index (κ2) is 9.68. The predicted octanol–water partition coefficient (Wildman–Crippen LogP) is 5.14. The first-order chi connectivity index (χ1) is 17.6. The van der Waals surface area contributed by atoms with Gasteiger partial charge in [0.2, 0.25) is 10.0 Å². The molecule has 1 amide bonds. The quantitative estimate of drug-likeness (QED) is 0.467. The third-order valence-corrected chi connectivity index (χ3v) is 9.52. The van der Waals surface area contributed by atoms with Crippen molar-refractivity contribution in [3.8, 4) is 0 Å². The summed E-state index contributed by atoms with van der Waals surface area (Å²) in [5, 5.41) is 1.19. The molecule has 2 aliphatic heterocycles. The molecule has 0 radical (unpaired) electrons. The number of piperidine rings is 1. The summed E-state index contributed by atoms with van der Waals surface area (Å²) in [5.74, 6) is -4.58. The lowest BCUT2D eigenvalue weighted by molar-refractivity contribution is -0.152. The molecule has 9 heteroatoms. The van der Waals surface area contributed by atoms with Gasteiger partial charge in [-0.3, -0.25) is 4.79 Å². The summed E-state index contributed by atoms with van der Waals surface area (Å²) in [6.07, 6.45) is 5.63. The van der Waals surface area contributed by atoms with Crippen LogP contribution in [0.1, 0.15) is 47.9 Å². The number of hydrogen-bond acceptors (Lipinski definition) is 3. The normalized spacial score (nSPS) is 18.0. The van der Waals surface area contributed by atoms with E-state index in [2.05, 4.69) is 24.0 Å². The number of allylic oxidation sites excluding steroid dienone is 1. The number of nitrogens with one attached hydrogen (secondary N) is 1. The Balaban J connectivity index is 1.31. The maximum Gasteiger partial charge on any atom is 0.343 e. The van der Waals surface area contributed by atoms with Gasteiger partial charge in [0.05, 0.1) is 4.90 Å². The number of aromatic nitrogens is 1. The molecular weight excluding hydrogens is 496 g/mol. The maximum atomic E-state index is 14.1. The van der Waals surface area contributed by atoms with Crippen LogP contribution in [0.2, 0.25) is 0 Å². The molecular formula is C28H31F2N3O3S. The molecule has 0 unspecified atom stereocenters. The van der Waals surface area contributed by atoms with E-state index in [0.29, 0.717) is 44.0 Å². The molecule has 0 bridgehead atoms. The molecule has 6 nitrogen and oxygen atoms in total. The average Bonchev–Trinajstić information content (AvgIpc) is 3.33. The van der Waals surface area contributed by atoms with E-state index < -0.39 is 21.9 Å². The van der Waals surface area contributed by atoms with Crippen molar-refractivity contribution in [3.63, 3.8) is 0 Å². The highest BCUT2D eigenvalue weighted by molar-refractivity contribution is 7.89. The summed E-state index contributed by atoms with van der Waals surface area (Å²) < 4.78 is 56.8. The highest BCUT2D eigenvalue weighted by Gasteiger charge is 2.40. The Morgan fingerprint density at radius 2 is 1.86 bits per heavy atom. The Kier molecular flexibility index (Phi) is 6.70. The van der Waals surface area contributed by atoms with Crippen LogP contribution in [-0.2, 0) is 27.8 Å². The fraction of sp³-hybridized carbons (Fsp3) is 0.393. The Morgan fingerprint density at radius 3 is 2.59 bits per heavy atom. The van der Waals surface area contributed by atoms with Crippen molar-refractivity contribution in [2.24, 2.45) is 0 Å². The maximum absolute atomic E-state index is 14.1. The highest BCUT2D eigenvalue weighted by Crippen LogP contribution is 2.36. The van der Waals surface area contributed by atoms with Crippen LogP contribution >= 0.6 is 0 Å². The summed E-state index contributed by atoms with van der Waals surface area (Å²) in [5.41, 5.74) is 5.01. The van der Waals surface area contributed by atoms with Crippen LogP contribution in [-0.4, -0.2) is 54.1 Å². The van der Waals surface area contributed by atoms with Crippen molar-refractivity contribution >= 4 is 26.8 Å². The largest absolute Gasteiger partial charge is 0.361 e. The van der Waals surface area contributed by atoms with Crippen LogP contribution in [0.4, 0.5) is 8.78 Å². The fourth-order valence-corrected chi connectivity index (χ4v) is 7.10. The lowest BCUT2D eigenvalue weighted by atomic mass is 9.90. The van der Waals surface area contributed by atoms with E-state index in [1.807, 2.05) is 12.3 Å². The van der Waals surface area contributed by atoms with Gasteiger partial charge in [-0.2, -0.15) is 13.1 Å². The molecule has 2 aliphatic rings. The second-order valence-corrected chi connectivity index (χ2v) is 11.9. The van der Waals surface area contributed by atoms with E-state index in [1.54, 1.807) is 18.2 Å². The van der Waals surface area contributed by atoms with Gasteiger partial charge in [-0.15, -0.1) is 0 Å². The number of para-hydroxylation sites is 1. The number of H-pyrrole nitrogens is 1.